The summed E-state index contributed by atoms with van der Waals surface area (Å²) >= 11 is 0. The Morgan fingerprint density at radius 2 is 2.33 bits per heavy atom. The molecule has 3 nitrogen and oxygen atoms in total. The highest BCUT2D eigenvalue weighted by Gasteiger charge is 2.12. The lowest BCUT2D eigenvalue weighted by Gasteiger charge is -2.11. The van der Waals surface area contributed by atoms with E-state index >= 15 is 0 Å². The van der Waals surface area contributed by atoms with Crippen LogP contribution in [0.15, 0.2) is 18.7 Å². The minimum atomic E-state index is 0.0794. The van der Waals surface area contributed by atoms with Gasteiger partial charge in [-0.1, -0.05) is 13.0 Å². The van der Waals surface area contributed by atoms with E-state index < -0.39 is 0 Å². The Labute approximate surface area is 92.0 Å². The summed E-state index contributed by atoms with van der Waals surface area (Å²) in [6, 6.07) is 2.20. The van der Waals surface area contributed by atoms with E-state index in [1.165, 1.54) is 0 Å². The Balaban J connectivity index is 2.80. The Kier molecular flexibility index (Phi) is 4.56. The fourth-order valence-corrected chi connectivity index (χ4v) is 1.66. The molecule has 1 aromatic rings. The van der Waals surface area contributed by atoms with Gasteiger partial charge in [0.15, 0.2) is 0 Å². The van der Waals surface area contributed by atoms with Crippen LogP contribution in [0.4, 0.5) is 0 Å². The summed E-state index contributed by atoms with van der Waals surface area (Å²) < 4.78 is 2.01. The fraction of sp³-hybridized carbons (Fsp3) is 0.583. The average molecular weight is 207 g/mol. The van der Waals surface area contributed by atoms with Gasteiger partial charge < -0.3 is 5.73 Å². The summed E-state index contributed by atoms with van der Waals surface area (Å²) in [6.45, 7) is 8.80. The van der Waals surface area contributed by atoms with Crippen molar-refractivity contribution in [2.24, 2.45) is 5.73 Å². The number of nitrogens with zero attached hydrogens (tertiary/aromatic N) is 2. The molecule has 0 saturated heterocycles. The number of allylic oxidation sites excluding steroid dienone is 1. The Bertz CT molecular complexity index is 315. The molecule has 15 heavy (non-hydrogen) atoms. The van der Waals surface area contributed by atoms with Crippen molar-refractivity contribution in [3.63, 3.8) is 0 Å². The first-order chi connectivity index (χ1) is 7.22. The van der Waals surface area contributed by atoms with Gasteiger partial charge >= 0.3 is 0 Å². The zero-order valence-corrected chi connectivity index (χ0v) is 9.74. The maximum Gasteiger partial charge on any atom is 0.0625 e. The molecule has 1 unspecified atom stereocenters. The minimum Gasteiger partial charge on any atom is -0.323 e. The SMILES string of the molecule is C=CCCC(N)c1cc(CC)nn1CC. The second-order valence-electron chi connectivity index (χ2n) is 3.70. The van der Waals surface area contributed by atoms with E-state index in [1.54, 1.807) is 0 Å². The van der Waals surface area contributed by atoms with Crippen LogP contribution in [-0.4, -0.2) is 9.78 Å². The van der Waals surface area contributed by atoms with E-state index in [-0.39, 0.29) is 6.04 Å². The maximum atomic E-state index is 6.12. The molecular formula is C12H21N3. The number of hydrogen-bond acceptors (Lipinski definition) is 2. The summed E-state index contributed by atoms with van der Waals surface area (Å²) in [5, 5.41) is 4.49. The zero-order valence-electron chi connectivity index (χ0n) is 9.74. The van der Waals surface area contributed by atoms with Gasteiger partial charge in [0.2, 0.25) is 0 Å². The first-order valence-corrected chi connectivity index (χ1v) is 5.66. The van der Waals surface area contributed by atoms with Crippen molar-refractivity contribution in [2.75, 3.05) is 0 Å². The van der Waals surface area contributed by atoms with Gasteiger partial charge in [-0.15, -0.1) is 6.58 Å². The molecule has 1 heterocycles. The lowest BCUT2D eigenvalue weighted by molar-refractivity contribution is 0.548. The Hall–Kier alpha value is -1.09. The predicted molar refractivity (Wildman–Crippen MR) is 63.6 cm³/mol. The van der Waals surface area contributed by atoms with Crippen LogP contribution in [0.25, 0.3) is 0 Å². The maximum absolute atomic E-state index is 6.12. The molecule has 0 spiro atoms. The van der Waals surface area contributed by atoms with Gasteiger partial charge in [-0.3, -0.25) is 4.68 Å². The lowest BCUT2D eigenvalue weighted by Crippen LogP contribution is -2.15. The van der Waals surface area contributed by atoms with Crippen LogP contribution in [0, 0.1) is 0 Å². The van der Waals surface area contributed by atoms with E-state index in [0.29, 0.717) is 0 Å². The van der Waals surface area contributed by atoms with Crippen molar-refractivity contribution in [1.82, 2.24) is 9.78 Å². The van der Waals surface area contributed by atoms with E-state index in [9.17, 15) is 0 Å². The van der Waals surface area contributed by atoms with Crippen LogP contribution in [0.2, 0.25) is 0 Å². The second kappa shape index (κ2) is 5.71. The molecule has 3 heteroatoms. The quantitative estimate of drug-likeness (QED) is 0.728. The third-order valence-electron chi connectivity index (χ3n) is 2.59. The topological polar surface area (TPSA) is 43.8 Å². The molecule has 0 aliphatic heterocycles. The standard InChI is InChI=1S/C12H21N3/c1-4-7-8-11(13)12-9-10(5-2)14-15(12)6-3/h4,9,11H,1,5-8,13H2,2-3H3. The smallest absolute Gasteiger partial charge is 0.0625 e. The molecule has 0 aliphatic carbocycles. The summed E-state index contributed by atoms with van der Waals surface area (Å²) in [5.74, 6) is 0. The molecule has 0 amide bonds. The molecule has 84 valence electrons. The number of aryl methyl sites for hydroxylation is 2. The molecular weight excluding hydrogens is 186 g/mol. The fourth-order valence-electron chi connectivity index (χ4n) is 1.66. The summed E-state index contributed by atoms with van der Waals surface area (Å²) in [6.07, 6.45) is 4.78. The van der Waals surface area contributed by atoms with Crippen molar-refractivity contribution < 1.29 is 0 Å². The predicted octanol–water partition coefficient (Wildman–Crippen LogP) is 2.43. The molecule has 0 aromatic carbocycles. The lowest BCUT2D eigenvalue weighted by atomic mass is 10.1. The Morgan fingerprint density at radius 1 is 1.60 bits per heavy atom. The van der Waals surface area contributed by atoms with Crippen LogP contribution < -0.4 is 5.73 Å². The van der Waals surface area contributed by atoms with Gasteiger partial charge in [0.05, 0.1) is 11.4 Å². The van der Waals surface area contributed by atoms with Gasteiger partial charge in [0, 0.05) is 12.6 Å². The highest BCUT2D eigenvalue weighted by molar-refractivity contribution is 5.14. The molecule has 0 radical (unpaired) electrons. The van der Waals surface area contributed by atoms with Crippen LogP contribution >= 0.6 is 0 Å². The third-order valence-corrected chi connectivity index (χ3v) is 2.59. The third kappa shape index (κ3) is 2.93. The summed E-state index contributed by atoms with van der Waals surface area (Å²) in [7, 11) is 0. The van der Waals surface area contributed by atoms with Crippen LogP contribution in [0.3, 0.4) is 0 Å². The van der Waals surface area contributed by atoms with Crippen molar-refractivity contribution in [2.45, 2.75) is 45.7 Å². The molecule has 0 aliphatic rings. The first kappa shape index (κ1) is 12.0. The number of nitrogens with two attached hydrogens (primary N) is 1. The summed E-state index contributed by atoms with van der Waals surface area (Å²) in [5.41, 5.74) is 8.39. The van der Waals surface area contributed by atoms with Crippen LogP contribution in [-0.2, 0) is 13.0 Å². The molecule has 1 aromatic heterocycles. The zero-order chi connectivity index (χ0) is 11.3. The molecule has 2 N–H and O–H groups in total. The normalized spacial score (nSPS) is 12.7. The summed E-state index contributed by atoms with van der Waals surface area (Å²) in [4.78, 5) is 0. The van der Waals surface area contributed by atoms with E-state index in [4.69, 9.17) is 5.73 Å². The highest BCUT2D eigenvalue weighted by atomic mass is 15.3. The van der Waals surface area contributed by atoms with E-state index in [2.05, 4.69) is 31.6 Å². The van der Waals surface area contributed by atoms with Crippen molar-refractivity contribution >= 4 is 0 Å². The number of aromatic nitrogens is 2. The molecule has 1 atom stereocenters. The second-order valence-corrected chi connectivity index (χ2v) is 3.70. The molecule has 0 fully saturated rings. The van der Waals surface area contributed by atoms with Gasteiger partial charge in [0.25, 0.3) is 0 Å². The molecule has 1 rings (SSSR count). The molecule has 0 saturated carbocycles. The van der Waals surface area contributed by atoms with Gasteiger partial charge in [-0.25, -0.2) is 0 Å². The van der Waals surface area contributed by atoms with Gasteiger partial charge in [0.1, 0.15) is 0 Å². The van der Waals surface area contributed by atoms with Crippen molar-refractivity contribution in [1.29, 1.82) is 0 Å². The van der Waals surface area contributed by atoms with E-state index in [1.807, 2.05) is 10.8 Å². The largest absolute Gasteiger partial charge is 0.323 e. The van der Waals surface area contributed by atoms with Crippen LogP contribution in [0.1, 0.15) is 44.1 Å². The number of hydrogen-bond donors (Lipinski definition) is 1. The monoisotopic (exact) mass is 207 g/mol. The van der Waals surface area contributed by atoms with Gasteiger partial charge in [-0.2, -0.15) is 5.10 Å². The average Bonchev–Trinajstić information content (AvgIpc) is 2.69. The van der Waals surface area contributed by atoms with Crippen molar-refractivity contribution in [3.05, 3.63) is 30.1 Å². The molecule has 0 bridgehead atoms. The number of rotatable bonds is 6. The van der Waals surface area contributed by atoms with Gasteiger partial charge in [-0.05, 0) is 32.3 Å². The highest BCUT2D eigenvalue weighted by Crippen LogP contribution is 2.17. The minimum absolute atomic E-state index is 0.0794. The first-order valence-electron chi connectivity index (χ1n) is 5.66. The van der Waals surface area contributed by atoms with E-state index in [0.717, 1.165) is 37.2 Å². The Morgan fingerprint density at radius 3 is 2.87 bits per heavy atom. The van der Waals surface area contributed by atoms with Crippen molar-refractivity contribution in [3.8, 4) is 0 Å². The van der Waals surface area contributed by atoms with Crippen LogP contribution in [0.5, 0.6) is 0 Å².